The van der Waals surface area contributed by atoms with E-state index in [1.165, 1.54) is 24.4 Å². The predicted octanol–water partition coefficient (Wildman–Crippen LogP) is 3.58. The molecule has 2 amide bonds. The molecule has 0 radical (unpaired) electrons. The first-order valence-electron chi connectivity index (χ1n) is 9.35. The molecule has 0 saturated heterocycles. The summed E-state index contributed by atoms with van der Waals surface area (Å²) in [4.78, 5) is 35.8. The molecule has 3 aromatic rings. The van der Waals surface area contributed by atoms with E-state index in [0.29, 0.717) is 16.3 Å². The van der Waals surface area contributed by atoms with Crippen molar-refractivity contribution < 1.29 is 23.5 Å². The van der Waals surface area contributed by atoms with Crippen molar-refractivity contribution in [1.82, 2.24) is 10.7 Å². The summed E-state index contributed by atoms with van der Waals surface area (Å²) >= 11 is 5.98. The number of hydrogen-bond donors (Lipinski definition) is 2. The summed E-state index contributed by atoms with van der Waals surface area (Å²) in [5.74, 6) is -1.95. The Hall–Kier alpha value is -4.04. The molecule has 0 spiro atoms. The maximum absolute atomic E-state index is 13.1. The molecular formula is C23H17ClFN3O4. The van der Waals surface area contributed by atoms with Gasteiger partial charge in [0.1, 0.15) is 11.6 Å². The third kappa shape index (κ3) is 6.48. The lowest BCUT2D eigenvalue weighted by molar-refractivity contribution is -0.120. The molecule has 0 aromatic heterocycles. The fraction of sp³-hybridized carbons (Fsp3) is 0.0435. The summed E-state index contributed by atoms with van der Waals surface area (Å²) < 4.78 is 18.4. The average Bonchev–Trinajstić information content (AvgIpc) is 2.79. The van der Waals surface area contributed by atoms with Crippen molar-refractivity contribution in [2.24, 2.45) is 5.10 Å². The van der Waals surface area contributed by atoms with Crippen molar-refractivity contribution in [1.29, 1.82) is 0 Å². The normalized spacial score (nSPS) is 10.6. The van der Waals surface area contributed by atoms with Gasteiger partial charge in [0.15, 0.2) is 0 Å². The first-order valence-corrected chi connectivity index (χ1v) is 9.72. The van der Waals surface area contributed by atoms with Crippen molar-refractivity contribution in [3.8, 4) is 5.75 Å². The zero-order valence-electron chi connectivity index (χ0n) is 16.5. The molecule has 0 atom stereocenters. The van der Waals surface area contributed by atoms with Gasteiger partial charge in [0.25, 0.3) is 11.8 Å². The van der Waals surface area contributed by atoms with Crippen LogP contribution in [0, 0.1) is 5.82 Å². The van der Waals surface area contributed by atoms with Gasteiger partial charge >= 0.3 is 5.97 Å². The van der Waals surface area contributed by atoms with Gasteiger partial charge in [-0.05, 0) is 60.2 Å². The highest BCUT2D eigenvalue weighted by molar-refractivity contribution is 6.33. The highest BCUT2D eigenvalue weighted by Crippen LogP contribution is 2.18. The lowest BCUT2D eigenvalue weighted by Crippen LogP contribution is -2.34. The van der Waals surface area contributed by atoms with E-state index in [-0.39, 0.29) is 17.7 Å². The summed E-state index contributed by atoms with van der Waals surface area (Å²) in [5.41, 5.74) is 3.26. The van der Waals surface area contributed by atoms with Crippen LogP contribution >= 0.6 is 11.6 Å². The number of carbonyl (C=O) groups is 3. The van der Waals surface area contributed by atoms with E-state index in [0.717, 1.165) is 6.07 Å². The maximum Gasteiger partial charge on any atom is 0.345 e. The minimum Gasteiger partial charge on any atom is -0.423 e. The molecule has 32 heavy (non-hydrogen) atoms. The Morgan fingerprint density at radius 3 is 2.47 bits per heavy atom. The van der Waals surface area contributed by atoms with E-state index in [1.54, 1.807) is 48.5 Å². The van der Waals surface area contributed by atoms with Gasteiger partial charge in [0.05, 0.1) is 23.3 Å². The Kier molecular flexibility index (Phi) is 7.66. The fourth-order valence-electron chi connectivity index (χ4n) is 2.52. The zero-order chi connectivity index (χ0) is 22.9. The van der Waals surface area contributed by atoms with Crippen LogP contribution in [0.15, 0.2) is 77.9 Å². The summed E-state index contributed by atoms with van der Waals surface area (Å²) in [5, 5.41) is 6.46. The van der Waals surface area contributed by atoms with Crippen LogP contribution < -0.4 is 15.5 Å². The van der Waals surface area contributed by atoms with Crippen LogP contribution in [-0.4, -0.2) is 30.5 Å². The van der Waals surface area contributed by atoms with Gasteiger partial charge in [0, 0.05) is 5.56 Å². The number of halogens is 2. The maximum atomic E-state index is 13.1. The predicted molar refractivity (Wildman–Crippen MR) is 117 cm³/mol. The standard InChI is InChI=1S/C23H17ClFN3O4/c24-20-7-2-1-6-19(20)23(31)32-18-10-8-15(9-11-18)13-27-28-21(29)14-26-22(30)16-4-3-5-17(25)12-16/h1-13H,14H2,(H,26,30)(H,28,29)/b27-13+. The number of rotatable bonds is 7. The van der Waals surface area contributed by atoms with Crippen LogP contribution in [0.1, 0.15) is 26.3 Å². The second kappa shape index (κ2) is 10.8. The van der Waals surface area contributed by atoms with E-state index in [2.05, 4.69) is 15.8 Å². The third-order valence-corrected chi connectivity index (χ3v) is 4.41. The summed E-state index contributed by atoms with van der Waals surface area (Å²) in [7, 11) is 0. The molecular weight excluding hydrogens is 437 g/mol. The lowest BCUT2D eigenvalue weighted by atomic mass is 10.2. The van der Waals surface area contributed by atoms with Gasteiger partial charge in [-0.3, -0.25) is 9.59 Å². The molecule has 0 bridgehead atoms. The zero-order valence-corrected chi connectivity index (χ0v) is 17.3. The van der Waals surface area contributed by atoms with E-state index in [4.69, 9.17) is 16.3 Å². The van der Waals surface area contributed by atoms with Gasteiger partial charge in [-0.15, -0.1) is 0 Å². The Balaban J connectivity index is 1.46. The highest BCUT2D eigenvalue weighted by Gasteiger charge is 2.12. The van der Waals surface area contributed by atoms with Crippen LogP contribution in [0.4, 0.5) is 4.39 Å². The van der Waals surface area contributed by atoms with Crippen molar-refractivity contribution in [2.45, 2.75) is 0 Å². The van der Waals surface area contributed by atoms with E-state index in [9.17, 15) is 18.8 Å². The van der Waals surface area contributed by atoms with Gasteiger partial charge < -0.3 is 10.1 Å². The molecule has 3 aromatic carbocycles. The molecule has 3 rings (SSSR count). The number of benzene rings is 3. The molecule has 0 aliphatic carbocycles. The minimum absolute atomic E-state index is 0.108. The van der Waals surface area contributed by atoms with Gasteiger partial charge in [-0.25, -0.2) is 14.6 Å². The number of nitrogens with one attached hydrogen (secondary N) is 2. The Labute approximate surface area is 187 Å². The van der Waals surface area contributed by atoms with Gasteiger partial charge in [0.2, 0.25) is 0 Å². The first-order chi connectivity index (χ1) is 15.4. The smallest absolute Gasteiger partial charge is 0.345 e. The molecule has 0 aliphatic heterocycles. The number of carbonyl (C=O) groups excluding carboxylic acids is 3. The van der Waals surface area contributed by atoms with Gasteiger partial charge in [-0.1, -0.05) is 29.8 Å². The van der Waals surface area contributed by atoms with Crippen molar-refractivity contribution in [2.75, 3.05) is 6.54 Å². The molecule has 7 nitrogen and oxygen atoms in total. The topological polar surface area (TPSA) is 96.9 Å². The van der Waals surface area contributed by atoms with E-state index in [1.807, 2.05) is 0 Å². The molecule has 0 heterocycles. The van der Waals surface area contributed by atoms with Crippen LogP contribution in [0.5, 0.6) is 5.75 Å². The monoisotopic (exact) mass is 453 g/mol. The third-order valence-electron chi connectivity index (χ3n) is 4.08. The van der Waals surface area contributed by atoms with E-state index >= 15 is 0 Å². The number of amides is 2. The quantitative estimate of drug-likeness (QED) is 0.247. The summed E-state index contributed by atoms with van der Waals surface area (Å²) in [6.45, 7) is -0.330. The summed E-state index contributed by atoms with van der Waals surface area (Å²) in [6.07, 6.45) is 1.38. The lowest BCUT2D eigenvalue weighted by Gasteiger charge is -2.06. The van der Waals surface area contributed by atoms with Gasteiger partial charge in [-0.2, -0.15) is 5.10 Å². The molecule has 0 aliphatic rings. The molecule has 2 N–H and O–H groups in total. The number of esters is 1. The molecule has 0 fully saturated rings. The van der Waals surface area contributed by atoms with Crippen molar-refractivity contribution >= 4 is 35.6 Å². The molecule has 9 heteroatoms. The van der Waals surface area contributed by atoms with Crippen LogP contribution in [0.3, 0.4) is 0 Å². The number of hydrazone groups is 1. The second-order valence-corrected chi connectivity index (χ2v) is 6.83. The second-order valence-electron chi connectivity index (χ2n) is 6.42. The van der Waals surface area contributed by atoms with E-state index < -0.39 is 23.6 Å². The Bertz CT molecular complexity index is 1170. The van der Waals surface area contributed by atoms with Crippen molar-refractivity contribution in [3.63, 3.8) is 0 Å². The molecule has 162 valence electrons. The first kappa shape index (κ1) is 22.6. The fourth-order valence-corrected chi connectivity index (χ4v) is 2.73. The van der Waals surface area contributed by atoms with Crippen molar-refractivity contribution in [3.05, 3.63) is 100 Å². The highest BCUT2D eigenvalue weighted by atomic mass is 35.5. The summed E-state index contributed by atoms with van der Waals surface area (Å²) in [6, 6.07) is 18.1. The molecule has 0 unspecified atom stereocenters. The largest absolute Gasteiger partial charge is 0.423 e. The van der Waals surface area contributed by atoms with Crippen LogP contribution in [0.25, 0.3) is 0 Å². The SMILES string of the molecule is O=C(CNC(=O)c1cccc(F)c1)N/N=C/c1ccc(OC(=O)c2ccccc2Cl)cc1. The Morgan fingerprint density at radius 2 is 1.75 bits per heavy atom. The number of nitrogens with zero attached hydrogens (tertiary/aromatic N) is 1. The number of hydrogen-bond acceptors (Lipinski definition) is 5. The molecule has 0 saturated carbocycles. The average molecular weight is 454 g/mol. The van der Waals surface area contributed by atoms with Crippen LogP contribution in [-0.2, 0) is 4.79 Å². The minimum atomic E-state index is -0.579. The Morgan fingerprint density at radius 1 is 1.00 bits per heavy atom. The number of ether oxygens (including phenoxy) is 1. The van der Waals surface area contributed by atoms with Crippen LogP contribution in [0.2, 0.25) is 5.02 Å².